The highest BCUT2D eigenvalue weighted by molar-refractivity contribution is 6.31. The topological polar surface area (TPSA) is 99.2 Å². The number of carbonyl (C=O) groups excluding carboxylic acids is 3. The fourth-order valence-corrected chi connectivity index (χ4v) is 4.30. The third-order valence-electron chi connectivity index (χ3n) is 5.71. The predicted octanol–water partition coefficient (Wildman–Crippen LogP) is 0.955. The van der Waals surface area contributed by atoms with Crippen LogP contribution in [0.4, 0.5) is 5.69 Å². The van der Waals surface area contributed by atoms with Gasteiger partial charge in [0.15, 0.2) is 0 Å². The Kier molecular flexibility index (Phi) is 7.55. The number of rotatable bonds is 5. The number of anilines is 1. The summed E-state index contributed by atoms with van der Waals surface area (Å²) in [6.45, 7) is 1.07. The van der Waals surface area contributed by atoms with E-state index in [0.717, 1.165) is 0 Å². The average Bonchev–Trinajstić information content (AvgIpc) is 2.78. The van der Waals surface area contributed by atoms with Crippen LogP contribution < -0.4 is 10.2 Å². The Bertz CT molecular complexity index is 878. The van der Waals surface area contributed by atoms with Crippen molar-refractivity contribution in [3.8, 4) is 12.3 Å². The first-order valence-corrected chi connectivity index (χ1v) is 10.6. The number of ether oxygens (including phenoxy) is 1. The van der Waals surface area contributed by atoms with E-state index < -0.39 is 23.5 Å². The zero-order valence-electron chi connectivity index (χ0n) is 17.2. The van der Waals surface area contributed by atoms with Gasteiger partial charge in [-0.3, -0.25) is 19.3 Å². The lowest BCUT2D eigenvalue weighted by molar-refractivity contribution is -0.138. The second kappa shape index (κ2) is 10.1. The molecule has 2 N–H and O–H groups in total. The molecule has 1 unspecified atom stereocenters. The van der Waals surface area contributed by atoms with Crippen LogP contribution in [0.3, 0.4) is 0 Å². The number of aliphatic hydroxyl groups is 1. The van der Waals surface area contributed by atoms with Gasteiger partial charge in [-0.25, -0.2) is 0 Å². The quantitative estimate of drug-likeness (QED) is 0.655. The summed E-state index contributed by atoms with van der Waals surface area (Å²) in [5.74, 6) is 0.659. The molecule has 0 aromatic heterocycles. The molecule has 0 radical (unpaired) electrons. The number of hydrogen-bond donors (Lipinski definition) is 2. The third-order valence-corrected chi connectivity index (χ3v) is 5.95. The van der Waals surface area contributed by atoms with E-state index in [2.05, 4.69) is 11.2 Å². The summed E-state index contributed by atoms with van der Waals surface area (Å²) in [6, 6.07) is 6.56. The molecular weight excluding hydrogens is 422 g/mol. The normalized spacial score (nSPS) is 20.4. The minimum Gasteiger partial charge on any atom is -0.391 e. The molecule has 0 aliphatic carbocycles. The van der Waals surface area contributed by atoms with E-state index in [1.165, 1.54) is 9.80 Å². The van der Waals surface area contributed by atoms with Gasteiger partial charge in [-0.15, -0.1) is 6.42 Å². The highest BCUT2D eigenvalue weighted by Crippen LogP contribution is 2.34. The smallest absolute Gasteiger partial charge is 0.303 e. The number of halogens is 1. The number of benzene rings is 1. The maximum absolute atomic E-state index is 13.4. The molecule has 3 amide bonds. The number of nitrogens with zero attached hydrogens (tertiary/aromatic N) is 2. The van der Waals surface area contributed by atoms with Crippen LogP contribution in [0, 0.1) is 12.3 Å². The van der Waals surface area contributed by atoms with E-state index in [0.29, 0.717) is 30.1 Å². The molecule has 1 aromatic carbocycles. The standard InChI is InChI=1S/C22H26ClN3O5/c1-2-19(28)26(17-6-3-5-16(23)13-17)22(8-11-31-12-9-22)21(30)24-14-20(29)25-10-4-7-18(27)15-25/h1,3,5-6,13,18,27H,4,7-12,14-15H2,(H,24,30). The summed E-state index contributed by atoms with van der Waals surface area (Å²) >= 11 is 6.12. The molecule has 8 nitrogen and oxygen atoms in total. The Morgan fingerprint density at radius 1 is 1.35 bits per heavy atom. The SMILES string of the molecule is C#CC(=O)N(c1cccc(Cl)c1)C1(C(=O)NCC(=O)N2CCCC(O)C2)CCOCC1. The second-order valence-electron chi connectivity index (χ2n) is 7.73. The van der Waals surface area contributed by atoms with E-state index in [4.69, 9.17) is 22.8 Å². The number of β-amino-alcohol motifs (C(OH)–C–C–N with tert-alkyl or cyclic N) is 1. The molecule has 9 heteroatoms. The molecule has 2 aliphatic rings. The number of nitrogens with one attached hydrogen (secondary N) is 1. The molecule has 1 atom stereocenters. The number of aliphatic hydroxyl groups excluding tert-OH is 1. The van der Waals surface area contributed by atoms with Crippen LogP contribution in [-0.2, 0) is 19.1 Å². The summed E-state index contributed by atoms with van der Waals surface area (Å²) in [5.41, 5.74) is -0.911. The van der Waals surface area contributed by atoms with Crippen LogP contribution in [0.5, 0.6) is 0 Å². The van der Waals surface area contributed by atoms with Gasteiger partial charge in [0.25, 0.3) is 0 Å². The average molecular weight is 448 g/mol. The van der Waals surface area contributed by atoms with Gasteiger partial charge in [0, 0.05) is 49.9 Å². The summed E-state index contributed by atoms with van der Waals surface area (Å²) in [5, 5.41) is 12.9. The molecule has 2 aliphatic heterocycles. The zero-order valence-corrected chi connectivity index (χ0v) is 17.9. The van der Waals surface area contributed by atoms with Crippen molar-refractivity contribution in [1.82, 2.24) is 10.2 Å². The van der Waals surface area contributed by atoms with Crippen molar-refractivity contribution in [2.75, 3.05) is 37.7 Å². The number of amides is 3. The molecule has 3 rings (SSSR count). The van der Waals surface area contributed by atoms with Crippen molar-refractivity contribution in [1.29, 1.82) is 0 Å². The second-order valence-corrected chi connectivity index (χ2v) is 8.16. The lowest BCUT2D eigenvalue weighted by Crippen LogP contribution is -2.64. The maximum atomic E-state index is 13.4. The molecule has 2 fully saturated rings. The third kappa shape index (κ3) is 5.18. The largest absolute Gasteiger partial charge is 0.391 e. The first kappa shape index (κ1) is 23.1. The first-order chi connectivity index (χ1) is 14.9. The van der Waals surface area contributed by atoms with Gasteiger partial charge in [-0.1, -0.05) is 17.7 Å². The Labute approximate surface area is 186 Å². The van der Waals surface area contributed by atoms with Crippen LogP contribution in [0.1, 0.15) is 25.7 Å². The van der Waals surface area contributed by atoms with Gasteiger partial charge in [0.05, 0.1) is 12.6 Å². The van der Waals surface area contributed by atoms with Gasteiger partial charge in [0.2, 0.25) is 11.8 Å². The molecule has 0 saturated carbocycles. The van der Waals surface area contributed by atoms with Gasteiger partial charge in [0.1, 0.15) is 5.54 Å². The van der Waals surface area contributed by atoms with E-state index in [1.807, 2.05) is 0 Å². The van der Waals surface area contributed by atoms with Crippen molar-refractivity contribution >= 4 is 35.0 Å². The molecule has 2 heterocycles. The van der Waals surface area contributed by atoms with Crippen molar-refractivity contribution in [3.63, 3.8) is 0 Å². The lowest BCUT2D eigenvalue weighted by atomic mass is 9.86. The summed E-state index contributed by atoms with van der Waals surface area (Å²) in [4.78, 5) is 41.6. The number of carbonyl (C=O) groups is 3. The van der Waals surface area contributed by atoms with Crippen LogP contribution >= 0.6 is 11.6 Å². The van der Waals surface area contributed by atoms with E-state index >= 15 is 0 Å². The van der Waals surface area contributed by atoms with Crippen molar-refractivity contribution < 1.29 is 24.2 Å². The maximum Gasteiger partial charge on any atom is 0.303 e. The van der Waals surface area contributed by atoms with Gasteiger partial charge in [-0.05, 0) is 37.0 Å². The molecule has 31 heavy (non-hydrogen) atoms. The van der Waals surface area contributed by atoms with Gasteiger partial charge >= 0.3 is 5.91 Å². The van der Waals surface area contributed by atoms with Crippen molar-refractivity contribution in [2.45, 2.75) is 37.3 Å². The lowest BCUT2D eigenvalue weighted by Gasteiger charge is -2.44. The molecule has 166 valence electrons. The minimum absolute atomic E-state index is 0.218. The Balaban J connectivity index is 1.84. The van der Waals surface area contributed by atoms with Gasteiger partial charge in [-0.2, -0.15) is 0 Å². The van der Waals surface area contributed by atoms with Gasteiger partial charge < -0.3 is 20.1 Å². The van der Waals surface area contributed by atoms with E-state index in [-0.39, 0.29) is 45.1 Å². The Hall–Kier alpha value is -2.60. The summed E-state index contributed by atoms with van der Waals surface area (Å²) < 4.78 is 5.43. The predicted molar refractivity (Wildman–Crippen MR) is 115 cm³/mol. The highest BCUT2D eigenvalue weighted by atomic mass is 35.5. The molecule has 2 saturated heterocycles. The van der Waals surface area contributed by atoms with Crippen molar-refractivity contribution in [2.24, 2.45) is 0 Å². The monoisotopic (exact) mass is 447 g/mol. The number of likely N-dealkylation sites (tertiary alicyclic amines) is 1. The van der Waals surface area contributed by atoms with E-state index in [1.54, 1.807) is 24.3 Å². The van der Waals surface area contributed by atoms with Crippen LogP contribution in [0.2, 0.25) is 5.02 Å². The zero-order chi connectivity index (χ0) is 22.4. The molecule has 0 spiro atoms. The summed E-state index contributed by atoms with van der Waals surface area (Å²) in [6.07, 6.45) is 6.67. The number of piperidine rings is 1. The van der Waals surface area contributed by atoms with Crippen LogP contribution in [0.25, 0.3) is 0 Å². The minimum atomic E-state index is -1.31. The Morgan fingerprint density at radius 3 is 2.74 bits per heavy atom. The molecule has 1 aromatic rings. The first-order valence-electron chi connectivity index (χ1n) is 10.3. The van der Waals surface area contributed by atoms with Crippen LogP contribution in [-0.4, -0.2) is 72.2 Å². The fourth-order valence-electron chi connectivity index (χ4n) is 4.11. The fraction of sp³-hybridized carbons (Fsp3) is 0.500. The molecule has 0 bridgehead atoms. The number of hydrogen-bond acceptors (Lipinski definition) is 5. The molecular formula is C22H26ClN3O5. The van der Waals surface area contributed by atoms with Crippen LogP contribution in [0.15, 0.2) is 24.3 Å². The summed E-state index contributed by atoms with van der Waals surface area (Å²) in [7, 11) is 0. The number of terminal acetylenes is 1. The van der Waals surface area contributed by atoms with E-state index in [9.17, 15) is 19.5 Å². The van der Waals surface area contributed by atoms with Crippen molar-refractivity contribution in [3.05, 3.63) is 29.3 Å². The Morgan fingerprint density at radius 2 is 2.10 bits per heavy atom. The highest BCUT2D eigenvalue weighted by Gasteiger charge is 2.48.